The fourth-order valence-electron chi connectivity index (χ4n) is 2.71. The fraction of sp³-hybridized carbons (Fsp3) is 0.385. The molecule has 0 saturated heterocycles. The molecule has 0 radical (unpaired) electrons. The van der Waals surface area contributed by atoms with E-state index in [0.717, 1.165) is 26.1 Å². The van der Waals surface area contributed by atoms with Crippen LogP contribution in [0.5, 0.6) is 0 Å². The van der Waals surface area contributed by atoms with Crippen LogP contribution in [-0.4, -0.2) is 11.1 Å². The van der Waals surface area contributed by atoms with E-state index in [-0.39, 0.29) is 0 Å². The van der Waals surface area contributed by atoms with E-state index >= 15 is 0 Å². The van der Waals surface area contributed by atoms with Crippen molar-refractivity contribution in [1.82, 2.24) is 9.88 Å². The van der Waals surface area contributed by atoms with E-state index in [1.54, 1.807) is 0 Å². The molecule has 1 aliphatic heterocycles. The maximum Gasteiger partial charge on any atom is 0.0486 e. The first-order valence-corrected chi connectivity index (χ1v) is 6.60. The van der Waals surface area contributed by atoms with Gasteiger partial charge in [-0.05, 0) is 30.7 Å². The van der Waals surface area contributed by atoms with Gasteiger partial charge in [-0.15, -0.1) is 0 Å². The van der Waals surface area contributed by atoms with Crippen LogP contribution >= 0.6 is 15.9 Å². The lowest BCUT2D eigenvalue weighted by molar-refractivity contribution is 0.606. The number of nitrogens with zero attached hydrogens (tertiary/aromatic N) is 1. The number of fused-ring (bicyclic) bond motifs is 3. The molecule has 1 aromatic carbocycles. The van der Waals surface area contributed by atoms with Crippen LogP contribution in [0.15, 0.2) is 22.7 Å². The standard InChI is InChI=1S/C13H15BrN2/c1-2-16-12-4-3-9(14)7-10(12)11-8-15-6-5-13(11)16/h3-4,7,15H,2,5-6,8H2,1H3. The number of hydrogen-bond acceptors (Lipinski definition) is 1. The van der Waals surface area contributed by atoms with Crippen molar-refractivity contribution < 1.29 is 0 Å². The van der Waals surface area contributed by atoms with Crippen LogP contribution in [0.3, 0.4) is 0 Å². The molecule has 0 aliphatic carbocycles. The summed E-state index contributed by atoms with van der Waals surface area (Å²) in [4.78, 5) is 0. The zero-order valence-corrected chi connectivity index (χ0v) is 11.0. The van der Waals surface area contributed by atoms with E-state index in [4.69, 9.17) is 0 Å². The highest BCUT2D eigenvalue weighted by Crippen LogP contribution is 2.30. The van der Waals surface area contributed by atoms with Gasteiger partial charge in [0.2, 0.25) is 0 Å². The second-order valence-electron chi connectivity index (χ2n) is 4.26. The van der Waals surface area contributed by atoms with Crippen molar-refractivity contribution in [1.29, 1.82) is 0 Å². The summed E-state index contributed by atoms with van der Waals surface area (Å²) in [5.74, 6) is 0. The van der Waals surface area contributed by atoms with Crippen LogP contribution in [0.25, 0.3) is 10.9 Å². The van der Waals surface area contributed by atoms with Gasteiger partial charge in [-0.2, -0.15) is 0 Å². The van der Waals surface area contributed by atoms with E-state index in [2.05, 4.69) is 50.9 Å². The second-order valence-corrected chi connectivity index (χ2v) is 5.17. The third-order valence-corrected chi connectivity index (χ3v) is 3.90. The van der Waals surface area contributed by atoms with Gasteiger partial charge in [0.1, 0.15) is 0 Å². The number of halogens is 1. The van der Waals surface area contributed by atoms with Crippen molar-refractivity contribution in [2.24, 2.45) is 0 Å². The SMILES string of the molecule is CCn1c2c(c3cc(Br)ccc31)CNCC2. The molecule has 0 bridgehead atoms. The first-order chi connectivity index (χ1) is 7.81. The van der Waals surface area contributed by atoms with E-state index in [1.807, 2.05) is 0 Å². The Bertz CT molecular complexity index is 542. The molecule has 0 atom stereocenters. The van der Waals surface area contributed by atoms with Crippen molar-refractivity contribution in [3.8, 4) is 0 Å². The van der Waals surface area contributed by atoms with Gasteiger partial charge in [-0.1, -0.05) is 15.9 Å². The summed E-state index contributed by atoms with van der Waals surface area (Å²) in [6.45, 7) is 5.40. The summed E-state index contributed by atoms with van der Waals surface area (Å²) in [7, 11) is 0. The number of rotatable bonds is 1. The molecule has 3 rings (SSSR count). The van der Waals surface area contributed by atoms with Crippen molar-refractivity contribution >= 4 is 26.8 Å². The number of aromatic nitrogens is 1. The molecule has 1 N–H and O–H groups in total. The van der Waals surface area contributed by atoms with Gasteiger partial charge >= 0.3 is 0 Å². The summed E-state index contributed by atoms with van der Waals surface area (Å²) in [5.41, 5.74) is 4.39. The zero-order chi connectivity index (χ0) is 11.1. The topological polar surface area (TPSA) is 17.0 Å². The molecule has 0 spiro atoms. The highest BCUT2D eigenvalue weighted by molar-refractivity contribution is 9.10. The van der Waals surface area contributed by atoms with E-state index in [0.29, 0.717) is 0 Å². The lowest BCUT2D eigenvalue weighted by atomic mass is 10.1. The lowest BCUT2D eigenvalue weighted by Crippen LogP contribution is -2.24. The zero-order valence-electron chi connectivity index (χ0n) is 9.39. The normalized spacial score (nSPS) is 15.4. The van der Waals surface area contributed by atoms with Crippen molar-refractivity contribution in [3.05, 3.63) is 33.9 Å². The van der Waals surface area contributed by atoms with Gasteiger partial charge < -0.3 is 9.88 Å². The summed E-state index contributed by atoms with van der Waals surface area (Å²) < 4.78 is 3.62. The monoisotopic (exact) mass is 278 g/mol. The number of nitrogens with one attached hydrogen (secondary N) is 1. The largest absolute Gasteiger partial charge is 0.344 e. The average Bonchev–Trinajstić information content (AvgIpc) is 2.62. The first kappa shape index (κ1) is 10.4. The average molecular weight is 279 g/mol. The van der Waals surface area contributed by atoms with Gasteiger partial charge in [0.25, 0.3) is 0 Å². The quantitative estimate of drug-likeness (QED) is 0.849. The van der Waals surface area contributed by atoms with Gasteiger partial charge in [0.05, 0.1) is 0 Å². The molecule has 1 aromatic heterocycles. The molecule has 16 heavy (non-hydrogen) atoms. The molecule has 2 nitrogen and oxygen atoms in total. The molecule has 0 fully saturated rings. The maximum absolute atomic E-state index is 3.56. The van der Waals surface area contributed by atoms with E-state index in [9.17, 15) is 0 Å². The van der Waals surface area contributed by atoms with Gasteiger partial charge in [-0.25, -0.2) is 0 Å². The van der Waals surface area contributed by atoms with Gasteiger partial charge in [0.15, 0.2) is 0 Å². The lowest BCUT2D eigenvalue weighted by Gasteiger charge is -2.15. The smallest absolute Gasteiger partial charge is 0.0486 e. The van der Waals surface area contributed by atoms with E-state index in [1.165, 1.54) is 26.6 Å². The Balaban J connectivity index is 2.37. The Hall–Kier alpha value is -0.800. The molecular weight excluding hydrogens is 264 g/mol. The van der Waals surface area contributed by atoms with Gasteiger partial charge in [0, 0.05) is 47.1 Å². The number of aryl methyl sites for hydroxylation is 1. The van der Waals surface area contributed by atoms with Crippen LogP contribution in [0.2, 0.25) is 0 Å². The summed E-state index contributed by atoms with van der Waals surface area (Å²) in [5, 5.41) is 4.86. The summed E-state index contributed by atoms with van der Waals surface area (Å²) in [6.07, 6.45) is 1.15. The first-order valence-electron chi connectivity index (χ1n) is 5.81. The minimum absolute atomic E-state index is 1.01. The summed E-state index contributed by atoms with van der Waals surface area (Å²) in [6, 6.07) is 6.60. The van der Waals surface area contributed by atoms with Crippen molar-refractivity contribution in [2.45, 2.75) is 26.4 Å². The van der Waals surface area contributed by atoms with Crippen LogP contribution in [0.4, 0.5) is 0 Å². The number of hydrogen-bond donors (Lipinski definition) is 1. The third-order valence-electron chi connectivity index (χ3n) is 3.41. The second kappa shape index (κ2) is 3.90. The molecule has 2 heterocycles. The minimum Gasteiger partial charge on any atom is -0.344 e. The van der Waals surface area contributed by atoms with Gasteiger partial charge in [-0.3, -0.25) is 0 Å². The fourth-order valence-corrected chi connectivity index (χ4v) is 3.07. The van der Waals surface area contributed by atoms with Crippen LogP contribution in [0.1, 0.15) is 18.2 Å². The van der Waals surface area contributed by atoms with E-state index < -0.39 is 0 Å². The Morgan fingerprint density at radius 3 is 3.12 bits per heavy atom. The predicted molar refractivity (Wildman–Crippen MR) is 70.7 cm³/mol. The highest BCUT2D eigenvalue weighted by Gasteiger charge is 2.18. The number of benzene rings is 1. The third kappa shape index (κ3) is 1.42. The minimum atomic E-state index is 1.01. The maximum atomic E-state index is 3.56. The molecule has 1 aliphatic rings. The molecule has 3 heteroatoms. The summed E-state index contributed by atoms with van der Waals surface area (Å²) >= 11 is 3.56. The molecule has 0 unspecified atom stereocenters. The van der Waals surface area contributed by atoms with Crippen LogP contribution in [-0.2, 0) is 19.5 Å². The Morgan fingerprint density at radius 1 is 1.44 bits per heavy atom. The highest BCUT2D eigenvalue weighted by atomic mass is 79.9. The molecule has 2 aromatic rings. The molecule has 84 valence electrons. The predicted octanol–water partition coefficient (Wildman–Crippen LogP) is 3.07. The van der Waals surface area contributed by atoms with Crippen LogP contribution < -0.4 is 5.32 Å². The van der Waals surface area contributed by atoms with Crippen LogP contribution in [0, 0.1) is 0 Å². The molecular formula is C13H15BrN2. The Kier molecular flexibility index (Phi) is 2.52. The Morgan fingerprint density at radius 2 is 2.31 bits per heavy atom. The Labute approximate surface area is 104 Å². The van der Waals surface area contributed by atoms with Crippen molar-refractivity contribution in [3.63, 3.8) is 0 Å². The molecule has 0 saturated carbocycles. The molecule has 0 amide bonds. The van der Waals surface area contributed by atoms with Crippen molar-refractivity contribution in [2.75, 3.05) is 6.54 Å².